The van der Waals surface area contributed by atoms with Crippen LogP contribution in [0.15, 0.2) is 18.2 Å². The minimum atomic E-state index is 0. The summed E-state index contributed by atoms with van der Waals surface area (Å²) in [5.74, 6) is 1.32. The molecule has 1 heterocycles. The Balaban J connectivity index is 0.00000242. The summed E-state index contributed by atoms with van der Waals surface area (Å²) >= 11 is 5.95. The van der Waals surface area contributed by atoms with Gasteiger partial charge in [0.15, 0.2) is 0 Å². The van der Waals surface area contributed by atoms with Gasteiger partial charge in [0.05, 0.1) is 12.3 Å². The molecule has 1 aromatic rings. The molecule has 0 unspecified atom stereocenters. The van der Waals surface area contributed by atoms with E-state index in [4.69, 9.17) is 16.3 Å². The number of halogens is 2. The number of hydrogen-bond acceptors (Lipinski definition) is 3. The molecule has 0 radical (unpaired) electrons. The molecule has 0 atom stereocenters. The first kappa shape index (κ1) is 19.1. The third-order valence-corrected chi connectivity index (χ3v) is 3.99. The van der Waals surface area contributed by atoms with Gasteiger partial charge in [-0.3, -0.25) is 4.79 Å². The predicted molar refractivity (Wildman–Crippen MR) is 93.3 cm³/mol. The molecule has 6 heteroatoms. The van der Waals surface area contributed by atoms with E-state index in [9.17, 15) is 4.79 Å². The van der Waals surface area contributed by atoms with E-state index < -0.39 is 0 Å². The van der Waals surface area contributed by atoms with Crippen molar-refractivity contribution in [2.75, 3.05) is 25.0 Å². The van der Waals surface area contributed by atoms with Crippen LogP contribution in [0.5, 0.6) is 5.75 Å². The monoisotopic (exact) mass is 346 g/mol. The average molecular weight is 347 g/mol. The summed E-state index contributed by atoms with van der Waals surface area (Å²) in [6.07, 6.45) is 3.83. The van der Waals surface area contributed by atoms with E-state index in [-0.39, 0.29) is 18.3 Å². The number of carbonyl (C=O) groups excluding carboxylic acids is 1. The van der Waals surface area contributed by atoms with E-state index in [0.717, 1.165) is 19.5 Å². The summed E-state index contributed by atoms with van der Waals surface area (Å²) in [6, 6.07) is 5.27. The summed E-state index contributed by atoms with van der Waals surface area (Å²) in [7, 11) is 0. The Hall–Kier alpha value is -0.970. The maximum absolute atomic E-state index is 12.1. The third kappa shape index (κ3) is 6.03. The van der Waals surface area contributed by atoms with Crippen molar-refractivity contribution in [3.05, 3.63) is 23.2 Å². The van der Waals surface area contributed by atoms with Gasteiger partial charge in [0.25, 0.3) is 0 Å². The molecule has 1 amide bonds. The van der Waals surface area contributed by atoms with E-state index >= 15 is 0 Å². The first-order valence-electron chi connectivity index (χ1n) is 7.62. The van der Waals surface area contributed by atoms with Crippen molar-refractivity contribution in [1.29, 1.82) is 0 Å². The van der Waals surface area contributed by atoms with Crippen LogP contribution in [0.3, 0.4) is 0 Å². The highest BCUT2D eigenvalue weighted by Crippen LogP contribution is 2.28. The molecular weight excluding hydrogens is 323 g/mol. The van der Waals surface area contributed by atoms with E-state index in [1.54, 1.807) is 18.2 Å². The van der Waals surface area contributed by atoms with Gasteiger partial charge < -0.3 is 15.4 Å². The van der Waals surface area contributed by atoms with Gasteiger partial charge in [-0.25, -0.2) is 0 Å². The Morgan fingerprint density at radius 2 is 2.14 bits per heavy atom. The summed E-state index contributed by atoms with van der Waals surface area (Å²) in [6.45, 7) is 4.58. The molecular formula is C16H24Cl2N2O2. The fourth-order valence-corrected chi connectivity index (χ4v) is 2.75. The van der Waals surface area contributed by atoms with Crippen LogP contribution in [-0.4, -0.2) is 25.6 Å². The average Bonchev–Trinajstić information content (AvgIpc) is 2.49. The second-order valence-corrected chi connectivity index (χ2v) is 5.79. The SMILES string of the molecule is CCOc1cc(Cl)ccc1NC(=O)CCC1CCNCC1.Cl. The quantitative estimate of drug-likeness (QED) is 0.821. The molecule has 4 nitrogen and oxygen atoms in total. The maximum atomic E-state index is 12.1. The van der Waals surface area contributed by atoms with Gasteiger partial charge in [-0.1, -0.05) is 11.6 Å². The largest absolute Gasteiger partial charge is 0.492 e. The second-order valence-electron chi connectivity index (χ2n) is 5.35. The lowest BCUT2D eigenvalue weighted by molar-refractivity contribution is -0.116. The smallest absolute Gasteiger partial charge is 0.224 e. The van der Waals surface area contributed by atoms with Crippen molar-refractivity contribution in [3.8, 4) is 5.75 Å². The summed E-state index contributed by atoms with van der Waals surface area (Å²) in [5.41, 5.74) is 0.691. The molecule has 1 fully saturated rings. The number of hydrogen-bond donors (Lipinski definition) is 2. The van der Waals surface area contributed by atoms with Gasteiger partial charge >= 0.3 is 0 Å². The van der Waals surface area contributed by atoms with Crippen molar-refractivity contribution in [3.63, 3.8) is 0 Å². The van der Waals surface area contributed by atoms with Crippen LogP contribution in [-0.2, 0) is 4.79 Å². The minimum Gasteiger partial charge on any atom is -0.492 e. The van der Waals surface area contributed by atoms with Crippen molar-refractivity contribution in [2.45, 2.75) is 32.6 Å². The third-order valence-electron chi connectivity index (χ3n) is 3.76. The topological polar surface area (TPSA) is 50.4 Å². The molecule has 2 rings (SSSR count). The Labute approximate surface area is 143 Å². The van der Waals surface area contributed by atoms with Crippen LogP contribution >= 0.6 is 24.0 Å². The lowest BCUT2D eigenvalue weighted by atomic mass is 9.93. The van der Waals surface area contributed by atoms with Crippen LogP contribution in [0.4, 0.5) is 5.69 Å². The molecule has 0 saturated carbocycles. The van der Waals surface area contributed by atoms with Gasteiger partial charge in [-0.15, -0.1) is 12.4 Å². The molecule has 0 spiro atoms. The van der Waals surface area contributed by atoms with E-state index in [1.807, 2.05) is 6.92 Å². The van der Waals surface area contributed by atoms with Crippen LogP contribution < -0.4 is 15.4 Å². The predicted octanol–water partition coefficient (Wildman–Crippen LogP) is 3.88. The number of carbonyl (C=O) groups is 1. The molecule has 2 N–H and O–H groups in total. The zero-order valence-corrected chi connectivity index (χ0v) is 14.4. The number of rotatable bonds is 6. The van der Waals surface area contributed by atoms with E-state index in [1.165, 1.54) is 12.8 Å². The highest BCUT2D eigenvalue weighted by Gasteiger charge is 2.15. The maximum Gasteiger partial charge on any atom is 0.224 e. The Kier molecular flexibility index (Phi) is 8.61. The summed E-state index contributed by atoms with van der Waals surface area (Å²) < 4.78 is 5.51. The normalized spacial score (nSPS) is 15.0. The molecule has 1 aliphatic heterocycles. The first-order valence-corrected chi connectivity index (χ1v) is 7.99. The zero-order chi connectivity index (χ0) is 15.1. The number of piperidine rings is 1. The number of anilines is 1. The molecule has 1 aromatic carbocycles. The van der Waals surface area contributed by atoms with Gasteiger partial charge in [0.2, 0.25) is 5.91 Å². The van der Waals surface area contributed by atoms with Gasteiger partial charge in [-0.2, -0.15) is 0 Å². The van der Waals surface area contributed by atoms with Crippen LogP contribution in [0.25, 0.3) is 0 Å². The van der Waals surface area contributed by atoms with Crippen LogP contribution in [0, 0.1) is 5.92 Å². The number of amides is 1. The molecule has 124 valence electrons. The Morgan fingerprint density at radius 3 is 2.82 bits per heavy atom. The van der Waals surface area contributed by atoms with Crippen molar-refractivity contribution in [1.82, 2.24) is 5.32 Å². The van der Waals surface area contributed by atoms with Crippen molar-refractivity contribution in [2.24, 2.45) is 5.92 Å². The van der Waals surface area contributed by atoms with Gasteiger partial charge in [0, 0.05) is 17.5 Å². The van der Waals surface area contributed by atoms with Gasteiger partial charge in [-0.05, 0) is 57.3 Å². The van der Waals surface area contributed by atoms with Crippen molar-refractivity contribution < 1.29 is 9.53 Å². The first-order chi connectivity index (χ1) is 10.2. The minimum absolute atomic E-state index is 0. The van der Waals surface area contributed by atoms with Crippen LogP contribution in [0.2, 0.25) is 5.02 Å². The Morgan fingerprint density at radius 1 is 1.41 bits per heavy atom. The molecule has 1 aliphatic rings. The van der Waals surface area contributed by atoms with E-state index in [2.05, 4.69) is 10.6 Å². The molecule has 0 bridgehead atoms. The fourth-order valence-electron chi connectivity index (χ4n) is 2.59. The lowest BCUT2D eigenvalue weighted by Gasteiger charge is -2.22. The van der Waals surface area contributed by atoms with E-state index in [0.29, 0.717) is 35.4 Å². The van der Waals surface area contributed by atoms with Crippen molar-refractivity contribution >= 4 is 35.6 Å². The summed E-state index contributed by atoms with van der Waals surface area (Å²) in [5, 5.41) is 6.87. The summed E-state index contributed by atoms with van der Waals surface area (Å²) in [4.78, 5) is 12.1. The standard InChI is InChI=1S/C16H23ClN2O2.ClH/c1-2-21-15-11-13(17)4-5-14(15)19-16(20)6-3-12-7-9-18-10-8-12;/h4-5,11-12,18H,2-3,6-10H2,1H3,(H,19,20);1H. The highest BCUT2D eigenvalue weighted by atomic mass is 35.5. The zero-order valence-electron chi connectivity index (χ0n) is 12.9. The second kappa shape index (κ2) is 9.93. The molecule has 0 aromatic heterocycles. The fraction of sp³-hybridized carbons (Fsp3) is 0.562. The van der Waals surface area contributed by atoms with Gasteiger partial charge in [0.1, 0.15) is 5.75 Å². The number of benzene rings is 1. The number of ether oxygens (including phenoxy) is 1. The molecule has 22 heavy (non-hydrogen) atoms. The molecule has 0 aliphatic carbocycles. The molecule has 1 saturated heterocycles. The van der Waals surface area contributed by atoms with Crippen LogP contribution in [0.1, 0.15) is 32.6 Å². The highest BCUT2D eigenvalue weighted by molar-refractivity contribution is 6.30. The number of nitrogens with one attached hydrogen (secondary N) is 2. The lowest BCUT2D eigenvalue weighted by Crippen LogP contribution is -2.28. The Bertz CT molecular complexity index is 477.